The zero-order valence-electron chi connectivity index (χ0n) is 12.7. The van der Waals surface area contributed by atoms with Crippen LogP contribution in [0.15, 0.2) is 36.4 Å². The van der Waals surface area contributed by atoms with Crippen molar-refractivity contribution >= 4 is 0 Å². The van der Waals surface area contributed by atoms with Crippen LogP contribution >= 0.6 is 0 Å². The Balaban J connectivity index is 0. The fourth-order valence-electron chi connectivity index (χ4n) is 1.36. The Labute approximate surface area is 143 Å². The summed E-state index contributed by atoms with van der Waals surface area (Å²) in [6, 6.07) is 12.0. The van der Waals surface area contributed by atoms with Crippen molar-refractivity contribution in [1.82, 2.24) is 9.97 Å². The first kappa shape index (κ1) is 23.2. The van der Waals surface area contributed by atoms with Gasteiger partial charge in [0.15, 0.2) is 0 Å². The maximum atomic E-state index is 8.49. The Bertz CT molecular complexity index is 466. The summed E-state index contributed by atoms with van der Waals surface area (Å²) in [5, 5.41) is 0. The molecule has 2 aromatic heterocycles. The Morgan fingerprint density at radius 2 is 0.818 bits per heavy atom. The first-order valence-corrected chi connectivity index (χ1v) is 7.23. The molecule has 0 spiro atoms. The van der Waals surface area contributed by atoms with Crippen molar-refractivity contribution in [2.75, 3.05) is 0 Å². The maximum Gasteiger partial charge on any atom is 1.00 e. The van der Waals surface area contributed by atoms with Gasteiger partial charge in [0.25, 0.3) is 0 Å². The Morgan fingerprint density at radius 1 is 0.636 bits per heavy atom. The molecule has 0 aliphatic rings. The summed E-state index contributed by atoms with van der Waals surface area (Å²) in [6.07, 6.45) is 0. The third-order valence-electron chi connectivity index (χ3n) is 2.06. The van der Waals surface area contributed by atoms with E-state index in [1.54, 1.807) is 0 Å². The van der Waals surface area contributed by atoms with Gasteiger partial charge in [-0.05, 0) is 52.0 Å². The van der Waals surface area contributed by atoms with Crippen LogP contribution in [0, 0.1) is 37.9 Å². The van der Waals surface area contributed by atoms with Gasteiger partial charge in [-0.1, -0.05) is 12.1 Å². The fourth-order valence-corrected chi connectivity index (χ4v) is 1.36. The minimum atomic E-state index is -4.94. The fraction of sp³-hybridized carbons (Fsp3) is 0.286. The largest absolute Gasteiger partial charge is 1.00 e. The first-order valence-electron chi connectivity index (χ1n) is 6.00. The molecule has 2 aromatic rings. The second-order valence-corrected chi connectivity index (χ2v) is 4.97. The van der Waals surface area contributed by atoms with Gasteiger partial charge in [-0.3, -0.25) is 9.97 Å². The average Bonchev–Trinajstić information content (AvgIpc) is 2.26. The van der Waals surface area contributed by atoms with Crippen LogP contribution in [0.1, 0.15) is 22.8 Å². The zero-order chi connectivity index (χ0) is 16.5. The maximum absolute atomic E-state index is 8.49. The topological polar surface area (TPSA) is 118 Å². The predicted molar refractivity (Wildman–Crippen MR) is 67.4 cm³/mol. The van der Waals surface area contributed by atoms with Crippen molar-refractivity contribution in [3.63, 3.8) is 0 Å². The van der Waals surface area contributed by atoms with Crippen LogP contribution in [0.4, 0.5) is 0 Å². The van der Waals surface area contributed by atoms with Gasteiger partial charge in [-0.2, -0.15) is 0 Å². The molecule has 0 bridgehead atoms. The van der Waals surface area contributed by atoms with Gasteiger partial charge in [-0.15, -0.1) is 10.2 Å². The molecular formula is C14H18ClCuN2O4. The van der Waals surface area contributed by atoms with Crippen molar-refractivity contribution in [3.8, 4) is 0 Å². The van der Waals surface area contributed by atoms with Crippen LogP contribution in [0.3, 0.4) is 0 Å². The van der Waals surface area contributed by atoms with Crippen LogP contribution in [-0.2, 0) is 17.1 Å². The van der Waals surface area contributed by atoms with Crippen molar-refractivity contribution in [1.29, 1.82) is 0 Å². The van der Waals surface area contributed by atoms with Gasteiger partial charge in [0, 0.05) is 22.8 Å². The molecule has 0 unspecified atom stereocenters. The molecule has 2 heterocycles. The van der Waals surface area contributed by atoms with E-state index in [0.29, 0.717) is 0 Å². The predicted octanol–water partition coefficient (Wildman–Crippen LogP) is -1.36. The molecule has 0 atom stereocenters. The normalized spacial score (nSPS) is 9.45. The number of aromatic nitrogens is 2. The quantitative estimate of drug-likeness (QED) is 0.523. The molecule has 0 aromatic carbocycles. The third-order valence-corrected chi connectivity index (χ3v) is 2.06. The molecule has 8 heteroatoms. The van der Waals surface area contributed by atoms with E-state index in [9.17, 15) is 0 Å². The van der Waals surface area contributed by atoms with Gasteiger partial charge in [-0.25, -0.2) is 18.6 Å². The number of rotatable bonds is 0. The van der Waals surface area contributed by atoms with Crippen molar-refractivity contribution in [3.05, 3.63) is 59.2 Å². The molecule has 2 rings (SSSR count). The number of hydrogen-bond donors (Lipinski definition) is 0. The summed E-state index contributed by atoms with van der Waals surface area (Å²) in [4.78, 5) is 8.35. The summed E-state index contributed by atoms with van der Waals surface area (Å²) >= 11 is 0. The van der Waals surface area contributed by atoms with E-state index in [1.165, 1.54) is 0 Å². The SMILES string of the molecule is Cc1cccc(C)n1.Cc1cccc(C)n1.[Cu+].[O-][Cl+3]([O-])([O-])[O-]. The number of hydrogen-bond acceptors (Lipinski definition) is 6. The van der Waals surface area contributed by atoms with E-state index in [4.69, 9.17) is 18.6 Å². The molecular weight excluding hydrogens is 359 g/mol. The molecule has 0 saturated carbocycles. The number of aryl methyl sites for hydroxylation is 4. The molecule has 0 aliphatic heterocycles. The molecule has 0 aliphatic carbocycles. The number of pyridine rings is 2. The van der Waals surface area contributed by atoms with Gasteiger partial charge in [0.1, 0.15) is 0 Å². The average molecular weight is 377 g/mol. The molecule has 0 saturated heterocycles. The van der Waals surface area contributed by atoms with Gasteiger partial charge >= 0.3 is 17.1 Å². The Hall–Kier alpha value is -1.05. The van der Waals surface area contributed by atoms with Crippen LogP contribution in [0.2, 0.25) is 0 Å². The third kappa shape index (κ3) is 17.0. The second-order valence-electron chi connectivity index (χ2n) is 4.22. The molecule has 0 fully saturated rings. The van der Waals surface area contributed by atoms with Crippen molar-refractivity contribution < 1.29 is 45.9 Å². The van der Waals surface area contributed by atoms with Crippen LogP contribution in [0.5, 0.6) is 0 Å². The van der Waals surface area contributed by atoms with E-state index in [-0.39, 0.29) is 17.1 Å². The summed E-state index contributed by atoms with van der Waals surface area (Å²) in [5.74, 6) is 0. The van der Waals surface area contributed by atoms with Gasteiger partial charge < -0.3 is 0 Å². The van der Waals surface area contributed by atoms with Crippen LogP contribution in [0.25, 0.3) is 0 Å². The molecule has 6 nitrogen and oxygen atoms in total. The van der Waals surface area contributed by atoms with E-state index in [0.717, 1.165) is 22.8 Å². The molecule has 22 heavy (non-hydrogen) atoms. The van der Waals surface area contributed by atoms with E-state index in [1.807, 2.05) is 64.1 Å². The second kappa shape index (κ2) is 11.5. The molecule has 126 valence electrons. The number of halogens is 1. The van der Waals surface area contributed by atoms with Gasteiger partial charge in [0.05, 0.1) is 0 Å². The minimum Gasteiger partial charge on any atom is -0.258 e. The van der Waals surface area contributed by atoms with Crippen LogP contribution < -0.4 is 18.6 Å². The minimum absolute atomic E-state index is 0. The zero-order valence-corrected chi connectivity index (χ0v) is 14.4. The Morgan fingerprint density at radius 3 is 0.909 bits per heavy atom. The summed E-state index contributed by atoms with van der Waals surface area (Å²) < 4.78 is 34.0. The van der Waals surface area contributed by atoms with E-state index < -0.39 is 10.2 Å². The number of nitrogens with zero attached hydrogens (tertiary/aromatic N) is 2. The molecule has 0 amide bonds. The standard InChI is InChI=1S/2C7H9N.ClHO4.Cu/c2*1-6-4-3-5-7(2)8-6;2-1(3,4)5;/h2*3-5H,1-2H3;(H,2,3,4,5);/q;;;+1/p-1. The monoisotopic (exact) mass is 376 g/mol. The summed E-state index contributed by atoms with van der Waals surface area (Å²) in [6.45, 7) is 7.97. The van der Waals surface area contributed by atoms with E-state index in [2.05, 4.69) is 9.97 Å². The molecule has 0 radical (unpaired) electrons. The summed E-state index contributed by atoms with van der Waals surface area (Å²) in [7, 11) is -4.94. The smallest absolute Gasteiger partial charge is 0.258 e. The van der Waals surface area contributed by atoms with Crippen molar-refractivity contribution in [2.45, 2.75) is 27.7 Å². The van der Waals surface area contributed by atoms with E-state index >= 15 is 0 Å². The van der Waals surface area contributed by atoms with Gasteiger partial charge in [0.2, 0.25) is 0 Å². The molecule has 0 N–H and O–H groups in total. The van der Waals surface area contributed by atoms with Crippen LogP contribution in [-0.4, -0.2) is 9.97 Å². The Kier molecular flexibility index (Phi) is 12.1. The first-order chi connectivity index (χ1) is 9.58. The summed E-state index contributed by atoms with van der Waals surface area (Å²) in [5.41, 5.74) is 4.35. The van der Waals surface area contributed by atoms with Crippen molar-refractivity contribution in [2.24, 2.45) is 0 Å².